The molecule has 2 N–H and O–H groups in total. The van der Waals surface area contributed by atoms with Crippen LogP contribution in [0.5, 0.6) is 5.88 Å². The number of pyridine rings is 1. The van der Waals surface area contributed by atoms with Crippen molar-refractivity contribution in [2.75, 3.05) is 33.3 Å². The summed E-state index contributed by atoms with van der Waals surface area (Å²) in [5.74, 6) is 0.190. The lowest BCUT2D eigenvalue weighted by molar-refractivity contribution is -0.139. The Kier molecular flexibility index (Phi) is 7.26. The molecule has 1 aromatic rings. The first-order chi connectivity index (χ1) is 12.8. The summed E-state index contributed by atoms with van der Waals surface area (Å²) in [5.41, 5.74) is -0.908. The first-order valence-electron chi connectivity index (χ1n) is 8.75. The number of hydrogen-bond acceptors (Lipinski definition) is 4. The zero-order valence-electron chi connectivity index (χ0n) is 15.3. The highest BCUT2D eigenvalue weighted by Gasteiger charge is 2.35. The number of rotatable bonds is 6. The Morgan fingerprint density at radius 3 is 2.93 bits per heavy atom. The summed E-state index contributed by atoms with van der Waals surface area (Å²) < 4.78 is 43.9. The van der Waals surface area contributed by atoms with Crippen LogP contribution in [0, 0.1) is 0 Å². The van der Waals surface area contributed by atoms with Gasteiger partial charge in [-0.3, -0.25) is 4.79 Å². The van der Waals surface area contributed by atoms with Gasteiger partial charge in [0.1, 0.15) is 12.2 Å². The lowest BCUT2D eigenvalue weighted by atomic mass is 10.1. The van der Waals surface area contributed by atoms with Gasteiger partial charge in [0.2, 0.25) is 11.8 Å². The van der Waals surface area contributed by atoms with Gasteiger partial charge < -0.3 is 20.3 Å². The van der Waals surface area contributed by atoms with E-state index in [0.29, 0.717) is 31.9 Å². The molecule has 1 atom stereocenters. The van der Waals surface area contributed by atoms with Crippen molar-refractivity contribution < 1.29 is 22.7 Å². The van der Waals surface area contributed by atoms with E-state index in [2.05, 4.69) is 20.6 Å². The minimum Gasteiger partial charge on any atom is -0.475 e. The van der Waals surface area contributed by atoms with Crippen LogP contribution in [0.1, 0.15) is 25.3 Å². The molecule has 1 saturated heterocycles. The van der Waals surface area contributed by atoms with E-state index >= 15 is 0 Å². The maximum atomic E-state index is 12.9. The summed E-state index contributed by atoms with van der Waals surface area (Å²) in [5, 5.41) is 6.31. The predicted molar refractivity (Wildman–Crippen MR) is 94.5 cm³/mol. The number of ether oxygens (including phenoxy) is 1. The standard InChI is InChI=1S/C17H24F3N5O2/c1-3-21-16(24-12-6-7-14(26)25(2)11-12)23-9-10-27-15-13(17(18,19)20)5-4-8-22-15/h4-5,8,12H,3,6-7,9-11H2,1-2H3,(H2,21,23,24). The fourth-order valence-electron chi connectivity index (χ4n) is 2.66. The molecule has 0 saturated carbocycles. The number of piperidine rings is 1. The van der Waals surface area contributed by atoms with Crippen molar-refractivity contribution in [1.82, 2.24) is 20.5 Å². The number of aromatic nitrogens is 1. The molecule has 1 aliphatic rings. The van der Waals surface area contributed by atoms with Gasteiger partial charge in [-0.25, -0.2) is 9.98 Å². The molecule has 0 radical (unpaired) electrons. The second-order valence-electron chi connectivity index (χ2n) is 6.12. The highest BCUT2D eigenvalue weighted by Crippen LogP contribution is 2.34. The van der Waals surface area contributed by atoms with E-state index < -0.39 is 17.6 Å². The summed E-state index contributed by atoms with van der Waals surface area (Å²) in [6.45, 7) is 3.23. The number of aliphatic imine (C=N–C) groups is 1. The van der Waals surface area contributed by atoms with Crippen LogP contribution in [0.3, 0.4) is 0 Å². The molecule has 1 unspecified atom stereocenters. The number of amides is 1. The number of alkyl halides is 3. The van der Waals surface area contributed by atoms with E-state index in [-0.39, 0.29) is 25.1 Å². The summed E-state index contributed by atoms with van der Waals surface area (Å²) in [7, 11) is 1.75. The number of guanidine groups is 1. The number of carbonyl (C=O) groups excluding carboxylic acids is 1. The van der Waals surface area contributed by atoms with Gasteiger partial charge in [0, 0.05) is 38.8 Å². The van der Waals surface area contributed by atoms with Gasteiger partial charge in [0.05, 0.1) is 6.54 Å². The Morgan fingerprint density at radius 2 is 2.26 bits per heavy atom. The number of hydrogen-bond donors (Lipinski definition) is 2. The molecule has 7 nitrogen and oxygen atoms in total. The first kappa shape index (κ1) is 20.8. The van der Waals surface area contributed by atoms with Crippen LogP contribution in [0.15, 0.2) is 23.3 Å². The van der Waals surface area contributed by atoms with Crippen LogP contribution in [0.2, 0.25) is 0 Å². The highest BCUT2D eigenvalue weighted by molar-refractivity contribution is 5.81. The zero-order chi connectivity index (χ0) is 19.9. The average molecular weight is 387 g/mol. The number of nitrogens with one attached hydrogen (secondary N) is 2. The lowest BCUT2D eigenvalue weighted by Gasteiger charge is -2.31. The van der Waals surface area contributed by atoms with Crippen LogP contribution in [-0.4, -0.2) is 61.1 Å². The molecule has 27 heavy (non-hydrogen) atoms. The molecule has 1 aliphatic heterocycles. The van der Waals surface area contributed by atoms with E-state index in [1.165, 1.54) is 12.3 Å². The van der Waals surface area contributed by atoms with Crippen molar-refractivity contribution in [3.63, 3.8) is 0 Å². The van der Waals surface area contributed by atoms with Crippen LogP contribution in [-0.2, 0) is 11.0 Å². The van der Waals surface area contributed by atoms with Gasteiger partial charge in [0.25, 0.3) is 0 Å². The zero-order valence-corrected chi connectivity index (χ0v) is 15.3. The van der Waals surface area contributed by atoms with Gasteiger partial charge in [-0.05, 0) is 25.5 Å². The van der Waals surface area contributed by atoms with Gasteiger partial charge in [-0.2, -0.15) is 13.2 Å². The Hall–Kier alpha value is -2.52. The average Bonchev–Trinajstić information content (AvgIpc) is 2.61. The third-order valence-corrected chi connectivity index (χ3v) is 3.99. The van der Waals surface area contributed by atoms with E-state index in [0.717, 1.165) is 6.07 Å². The topological polar surface area (TPSA) is 78.9 Å². The molecule has 2 heterocycles. The van der Waals surface area contributed by atoms with E-state index in [1.807, 2.05) is 6.92 Å². The predicted octanol–water partition coefficient (Wildman–Crippen LogP) is 1.66. The Bertz CT molecular complexity index is 666. The molecule has 1 aromatic heterocycles. The van der Waals surface area contributed by atoms with E-state index in [1.54, 1.807) is 11.9 Å². The van der Waals surface area contributed by atoms with E-state index in [9.17, 15) is 18.0 Å². The summed E-state index contributed by atoms with van der Waals surface area (Å²) in [6, 6.07) is 2.21. The van der Waals surface area contributed by atoms with Crippen molar-refractivity contribution in [1.29, 1.82) is 0 Å². The molecular formula is C17H24F3N5O2. The fourth-order valence-corrected chi connectivity index (χ4v) is 2.66. The smallest absolute Gasteiger partial charge is 0.421 e. The molecular weight excluding hydrogens is 363 g/mol. The van der Waals surface area contributed by atoms with Crippen molar-refractivity contribution in [2.45, 2.75) is 32.0 Å². The molecule has 10 heteroatoms. The maximum absolute atomic E-state index is 12.9. The second kappa shape index (κ2) is 9.43. The number of carbonyl (C=O) groups is 1. The number of likely N-dealkylation sites (N-methyl/N-ethyl adjacent to an activating group) is 1. The number of nitrogens with zero attached hydrogens (tertiary/aromatic N) is 3. The van der Waals surface area contributed by atoms with Gasteiger partial charge in [0.15, 0.2) is 5.96 Å². The van der Waals surface area contributed by atoms with Crippen molar-refractivity contribution >= 4 is 11.9 Å². The molecule has 2 rings (SSSR count). The fraction of sp³-hybridized carbons (Fsp3) is 0.588. The molecule has 0 aromatic carbocycles. The Balaban J connectivity index is 1.90. The minimum absolute atomic E-state index is 0.0419. The largest absolute Gasteiger partial charge is 0.475 e. The summed E-state index contributed by atoms with van der Waals surface area (Å²) in [6.07, 6.45) is -2.10. The monoisotopic (exact) mass is 387 g/mol. The molecule has 0 bridgehead atoms. The van der Waals surface area contributed by atoms with E-state index in [4.69, 9.17) is 4.74 Å². The molecule has 0 aliphatic carbocycles. The Morgan fingerprint density at radius 1 is 1.48 bits per heavy atom. The summed E-state index contributed by atoms with van der Waals surface area (Å²) >= 11 is 0. The van der Waals surface area contributed by atoms with Crippen LogP contribution in [0.4, 0.5) is 13.2 Å². The van der Waals surface area contributed by atoms with Gasteiger partial charge >= 0.3 is 6.18 Å². The van der Waals surface area contributed by atoms with Crippen LogP contribution >= 0.6 is 0 Å². The van der Waals surface area contributed by atoms with Crippen molar-refractivity contribution in [2.24, 2.45) is 4.99 Å². The Labute approximate surface area is 156 Å². The van der Waals surface area contributed by atoms with Gasteiger partial charge in [-0.1, -0.05) is 0 Å². The third kappa shape index (κ3) is 6.30. The normalized spacial score (nSPS) is 18.4. The molecule has 1 amide bonds. The van der Waals surface area contributed by atoms with Crippen LogP contribution in [0.25, 0.3) is 0 Å². The first-order valence-corrected chi connectivity index (χ1v) is 8.75. The molecule has 1 fully saturated rings. The second-order valence-corrected chi connectivity index (χ2v) is 6.12. The minimum atomic E-state index is -4.52. The van der Waals surface area contributed by atoms with Crippen molar-refractivity contribution in [3.8, 4) is 5.88 Å². The highest BCUT2D eigenvalue weighted by atomic mass is 19.4. The quantitative estimate of drug-likeness (QED) is 0.441. The summed E-state index contributed by atoms with van der Waals surface area (Å²) in [4.78, 5) is 21.2. The maximum Gasteiger partial charge on any atom is 0.421 e. The number of halogens is 3. The number of likely N-dealkylation sites (tertiary alicyclic amines) is 1. The molecule has 150 valence electrons. The SMILES string of the molecule is CCNC(=NCCOc1ncccc1C(F)(F)F)NC1CCC(=O)N(C)C1. The molecule has 0 spiro atoms. The van der Waals surface area contributed by atoms with Gasteiger partial charge in [-0.15, -0.1) is 0 Å². The third-order valence-electron chi connectivity index (χ3n) is 3.99. The van der Waals surface area contributed by atoms with Crippen LogP contribution < -0.4 is 15.4 Å². The van der Waals surface area contributed by atoms with Crippen molar-refractivity contribution in [3.05, 3.63) is 23.9 Å². The lowest BCUT2D eigenvalue weighted by Crippen LogP contribution is -2.51.